The highest BCUT2D eigenvalue weighted by Gasteiger charge is 2.18. The molecule has 0 atom stereocenters. The summed E-state index contributed by atoms with van der Waals surface area (Å²) >= 11 is 0. The van der Waals surface area contributed by atoms with E-state index >= 15 is 0 Å². The molecule has 25 heavy (non-hydrogen) atoms. The van der Waals surface area contributed by atoms with Gasteiger partial charge in [-0.2, -0.15) is 5.10 Å². The quantitative estimate of drug-likeness (QED) is 0.894. The second kappa shape index (κ2) is 6.58. The molecule has 0 radical (unpaired) electrons. The molecule has 7 heteroatoms. The Morgan fingerprint density at radius 1 is 1.40 bits per heavy atom. The van der Waals surface area contributed by atoms with E-state index in [0.717, 1.165) is 12.0 Å². The fraction of sp³-hybridized carbons (Fsp3) is 0.389. The molecule has 0 unspecified atom stereocenters. The van der Waals surface area contributed by atoms with Crippen molar-refractivity contribution < 1.29 is 14.3 Å². The maximum absolute atomic E-state index is 12.3. The number of nitrogens with one attached hydrogen (secondary N) is 2. The predicted molar refractivity (Wildman–Crippen MR) is 94.0 cm³/mol. The highest BCUT2D eigenvalue weighted by Crippen LogP contribution is 2.27. The van der Waals surface area contributed by atoms with Crippen LogP contribution in [0.5, 0.6) is 0 Å². The summed E-state index contributed by atoms with van der Waals surface area (Å²) in [6.45, 7) is 6.14. The largest absolute Gasteiger partial charge is 0.493 e. The fourth-order valence-corrected chi connectivity index (χ4v) is 2.69. The van der Waals surface area contributed by atoms with E-state index in [1.54, 1.807) is 20.8 Å². The van der Waals surface area contributed by atoms with Crippen LogP contribution in [0.3, 0.4) is 0 Å². The van der Waals surface area contributed by atoms with Crippen LogP contribution in [0.15, 0.2) is 29.1 Å². The number of ether oxygens (including phenoxy) is 2. The van der Waals surface area contributed by atoms with Crippen LogP contribution in [0, 0.1) is 0 Å². The van der Waals surface area contributed by atoms with Crippen molar-refractivity contribution in [2.24, 2.45) is 0 Å². The van der Waals surface area contributed by atoms with E-state index in [1.165, 1.54) is 0 Å². The first-order valence-corrected chi connectivity index (χ1v) is 8.15. The van der Waals surface area contributed by atoms with Gasteiger partial charge in [-0.05, 0) is 26.8 Å². The van der Waals surface area contributed by atoms with Gasteiger partial charge in [-0.1, -0.05) is 18.2 Å². The summed E-state index contributed by atoms with van der Waals surface area (Å²) in [5, 5.41) is 10.4. The Balaban J connectivity index is 1.92. The third kappa shape index (κ3) is 3.81. The van der Waals surface area contributed by atoms with Gasteiger partial charge in [0.05, 0.1) is 24.2 Å². The monoisotopic (exact) mass is 343 g/mol. The van der Waals surface area contributed by atoms with Crippen LogP contribution in [0.1, 0.15) is 38.4 Å². The summed E-state index contributed by atoms with van der Waals surface area (Å²) in [4.78, 5) is 24.2. The molecule has 0 saturated heterocycles. The lowest BCUT2D eigenvalue weighted by Gasteiger charge is -2.19. The zero-order valence-electron chi connectivity index (χ0n) is 14.5. The third-order valence-corrected chi connectivity index (χ3v) is 3.66. The number of aromatic nitrogens is 2. The summed E-state index contributed by atoms with van der Waals surface area (Å²) in [6, 6.07) is 5.50. The lowest BCUT2D eigenvalue weighted by molar-refractivity contribution is 0.0523. The first kappa shape index (κ1) is 17.0. The standard InChI is InChI=1S/C18H21N3O4/c1-18(2,3)25-17(23)19-10-13-11-6-4-7-12(14-8-5-9-24-14)15(11)16(22)21-20-13/h4,6-8H,5,9-10H2,1-3H3,(H,19,23)(H,21,22). The maximum Gasteiger partial charge on any atom is 0.407 e. The molecule has 132 valence electrons. The van der Waals surface area contributed by atoms with Crippen LogP contribution in [0.4, 0.5) is 4.79 Å². The first-order valence-electron chi connectivity index (χ1n) is 8.15. The van der Waals surface area contributed by atoms with Crippen LogP contribution in [0.25, 0.3) is 16.5 Å². The van der Waals surface area contributed by atoms with Gasteiger partial charge >= 0.3 is 6.09 Å². The van der Waals surface area contributed by atoms with E-state index in [0.29, 0.717) is 28.8 Å². The van der Waals surface area contributed by atoms with Crippen molar-refractivity contribution in [3.05, 3.63) is 45.9 Å². The van der Waals surface area contributed by atoms with Gasteiger partial charge in [-0.15, -0.1) is 0 Å². The Morgan fingerprint density at radius 2 is 2.20 bits per heavy atom. The van der Waals surface area contributed by atoms with Gasteiger partial charge in [0.2, 0.25) is 0 Å². The predicted octanol–water partition coefficient (Wildman–Crippen LogP) is 2.71. The Hall–Kier alpha value is -2.83. The molecule has 0 fully saturated rings. The Bertz CT molecular complexity index is 893. The number of nitrogens with zero attached hydrogens (tertiary/aromatic N) is 1. The number of aromatic amines is 1. The summed E-state index contributed by atoms with van der Waals surface area (Å²) in [5.41, 5.74) is 0.422. The molecule has 2 heterocycles. The van der Waals surface area contributed by atoms with Crippen molar-refractivity contribution >= 4 is 22.6 Å². The summed E-state index contributed by atoms with van der Waals surface area (Å²) in [7, 11) is 0. The van der Waals surface area contributed by atoms with Gasteiger partial charge in [0.1, 0.15) is 11.4 Å². The topological polar surface area (TPSA) is 93.3 Å². The molecular weight excluding hydrogens is 322 g/mol. The number of H-pyrrole nitrogens is 1. The van der Waals surface area contributed by atoms with Crippen LogP contribution in [0.2, 0.25) is 0 Å². The number of rotatable bonds is 3. The Labute approximate surface area is 145 Å². The number of carbonyl (C=O) groups excluding carboxylic acids is 1. The lowest BCUT2D eigenvalue weighted by atomic mass is 10.0. The maximum atomic E-state index is 12.3. The molecule has 7 nitrogen and oxygen atoms in total. The molecule has 0 spiro atoms. The van der Waals surface area contributed by atoms with Crippen LogP contribution in [-0.2, 0) is 16.0 Å². The van der Waals surface area contributed by atoms with Crippen molar-refractivity contribution in [1.82, 2.24) is 15.5 Å². The van der Waals surface area contributed by atoms with Crippen LogP contribution >= 0.6 is 0 Å². The number of hydrogen-bond acceptors (Lipinski definition) is 5. The molecule has 0 saturated carbocycles. The van der Waals surface area contributed by atoms with Crippen molar-refractivity contribution in [2.75, 3.05) is 6.61 Å². The van der Waals surface area contributed by atoms with E-state index in [4.69, 9.17) is 9.47 Å². The second-order valence-corrected chi connectivity index (χ2v) is 6.79. The van der Waals surface area contributed by atoms with Gasteiger partial charge < -0.3 is 14.8 Å². The molecular formula is C18H21N3O4. The number of fused-ring (bicyclic) bond motifs is 1. The number of amides is 1. The van der Waals surface area contributed by atoms with Gasteiger partial charge in [0.15, 0.2) is 0 Å². The normalized spacial score (nSPS) is 14.1. The van der Waals surface area contributed by atoms with Gasteiger partial charge in [-0.25, -0.2) is 9.89 Å². The van der Waals surface area contributed by atoms with E-state index in [9.17, 15) is 9.59 Å². The van der Waals surface area contributed by atoms with Gasteiger partial charge in [0, 0.05) is 17.4 Å². The van der Waals surface area contributed by atoms with Crippen LogP contribution < -0.4 is 10.9 Å². The minimum Gasteiger partial charge on any atom is -0.493 e. The highest BCUT2D eigenvalue weighted by molar-refractivity contribution is 5.93. The summed E-state index contributed by atoms with van der Waals surface area (Å²) in [6.07, 6.45) is 2.25. The molecule has 3 rings (SSSR count). The summed E-state index contributed by atoms with van der Waals surface area (Å²) in [5.74, 6) is 0.702. The molecule has 1 aliphatic rings. The van der Waals surface area contributed by atoms with Gasteiger partial charge in [-0.3, -0.25) is 4.79 Å². The molecule has 2 N–H and O–H groups in total. The third-order valence-electron chi connectivity index (χ3n) is 3.66. The molecule has 1 aromatic heterocycles. The number of carbonyl (C=O) groups is 1. The lowest BCUT2D eigenvalue weighted by Crippen LogP contribution is -2.32. The fourth-order valence-electron chi connectivity index (χ4n) is 2.69. The Kier molecular flexibility index (Phi) is 4.48. The van der Waals surface area contributed by atoms with E-state index in [-0.39, 0.29) is 12.1 Å². The minimum atomic E-state index is -0.579. The minimum absolute atomic E-state index is 0.144. The molecule has 1 aliphatic heterocycles. The van der Waals surface area contributed by atoms with Crippen LogP contribution in [-0.4, -0.2) is 28.5 Å². The van der Waals surface area contributed by atoms with E-state index in [2.05, 4.69) is 15.5 Å². The number of benzene rings is 1. The smallest absolute Gasteiger partial charge is 0.407 e. The first-order chi connectivity index (χ1) is 11.8. The average Bonchev–Trinajstić information content (AvgIpc) is 3.06. The molecule has 0 aliphatic carbocycles. The van der Waals surface area contributed by atoms with E-state index < -0.39 is 11.7 Å². The zero-order valence-corrected chi connectivity index (χ0v) is 14.5. The Morgan fingerprint density at radius 3 is 2.88 bits per heavy atom. The van der Waals surface area contributed by atoms with Crippen molar-refractivity contribution in [3.63, 3.8) is 0 Å². The molecule has 1 aromatic carbocycles. The SMILES string of the molecule is CC(C)(C)OC(=O)NCc1n[nH]c(=O)c2c(C3=CCCO3)cccc12. The van der Waals surface area contributed by atoms with Gasteiger partial charge in [0.25, 0.3) is 5.56 Å². The number of hydrogen-bond donors (Lipinski definition) is 2. The van der Waals surface area contributed by atoms with E-state index in [1.807, 2.05) is 24.3 Å². The zero-order chi connectivity index (χ0) is 18.0. The number of alkyl carbamates (subject to hydrolysis) is 1. The highest BCUT2D eigenvalue weighted by atomic mass is 16.6. The van der Waals surface area contributed by atoms with Crippen molar-refractivity contribution in [2.45, 2.75) is 39.3 Å². The summed E-state index contributed by atoms with van der Waals surface area (Å²) < 4.78 is 10.8. The van der Waals surface area contributed by atoms with Crippen molar-refractivity contribution in [3.8, 4) is 0 Å². The molecule has 1 amide bonds. The molecule has 0 bridgehead atoms. The molecule has 2 aromatic rings. The second-order valence-electron chi connectivity index (χ2n) is 6.79. The van der Waals surface area contributed by atoms with Crippen molar-refractivity contribution in [1.29, 1.82) is 0 Å². The average molecular weight is 343 g/mol.